The van der Waals surface area contributed by atoms with Crippen LogP contribution < -0.4 is 9.47 Å². The molecular formula is C22H31N3O3. The Morgan fingerprint density at radius 2 is 2.00 bits per heavy atom. The maximum atomic E-state index is 10.0. The molecule has 6 heteroatoms. The highest BCUT2D eigenvalue weighted by Crippen LogP contribution is 2.37. The molecule has 1 aliphatic rings. The second-order valence-corrected chi connectivity index (χ2v) is 7.89. The van der Waals surface area contributed by atoms with E-state index in [4.69, 9.17) is 9.47 Å². The third-order valence-corrected chi connectivity index (χ3v) is 5.79. The fourth-order valence-corrected chi connectivity index (χ4v) is 3.73. The topological polar surface area (TPSA) is 77.4 Å². The molecular weight excluding hydrogens is 354 g/mol. The van der Waals surface area contributed by atoms with E-state index in [1.807, 2.05) is 25.3 Å². The van der Waals surface area contributed by atoms with E-state index in [2.05, 4.69) is 28.8 Å². The molecule has 1 N–H and O–H groups in total. The van der Waals surface area contributed by atoms with Gasteiger partial charge in [0, 0.05) is 23.4 Å². The average Bonchev–Trinajstić information content (AvgIpc) is 2.71. The Morgan fingerprint density at radius 3 is 2.68 bits per heavy atom. The van der Waals surface area contributed by atoms with Crippen LogP contribution in [0, 0.1) is 12.8 Å². The molecule has 1 fully saturated rings. The van der Waals surface area contributed by atoms with Crippen molar-refractivity contribution < 1.29 is 14.6 Å². The predicted octanol–water partition coefficient (Wildman–Crippen LogP) is 4.03. The lowest BCUT2D eigenvalue weighted by molar-refractivity contribution is 0.118. The van der Waals surface area contributed by atoms with E-state index in [9.17, 15) is 5.11 Å². The summed E-state index contributed by atoms with van der Waals surface area (Å²) in [5.41, 5.74) is 2.04. The van der Waals surface area contributed by atoms with E-state index in [1.54, 1.807) is 13.3 Å². The molecule has 1 aliphatic carbocycles. The van der Waals surface area contributed by atoms with E-state index in [-0.39, 0.29) is 23.9 Å². The summed E-state index contributed by atoms with van der Waals surface area (Å²) < 4.78 is 11.4. The van der Waals surface area contributed by atoms with Crippen LogP contribution in [-0.2, 0) is 0 Å². The number of methoxy groups -OCH3 is 1. The van der Waals surface area contributed by atoms with Crippen molar-refractivity contribution in [1.29, 1.82) is 0 Å². The summed E-state index contributed by atoms with van der Waals surface area (Å²) in [4.78, 5) is 13.4. The summed E-state index contributed by atoms with van der Waals surface area (Å²) >= 11 is 0. The zero-order valence-corrected chi connectivity index (χ0v) is 17.3. The van der Waals surface area contributed by atoms with E-state index in [1.165, 1.54) is 0 Å². The zero-order valence-electron chi connectivity index (χ0n) is 17.3. The summed E-state index contributed by atoms with van der Waals surface area (Å²) in [6.07, 6.45) is 7.08. The number of aryl methyl sites for hydroxylation is 1. The van der Waals surface area contributed by atoms with Crippen LogP contribution in [-0.4, -0.2) is 39.9 Å². The Bertz CT molecular complexity index is 766. The second kappa shape index (κ2) is 9.32. The van der Waals surface area contributed by atoms with E-state index < -0.39 is 0 Å². The monoisotopic (exact) mass is 385 g/mol. The molecule has 0 aliphatic heterocycles. The van der Waals surface area contributed by atoms with Gasteiger partial charge in [-0.2, -0.15) is 4.98 Å². The molecule has 0 aromatic carbocycles. The first-order chi connectivity index (χ1) is 13.5. The van der Waals surface area contributed by atoms with Crippen molar-refractivity contribution in [2.24, 2.45) is 5.92 Å². The summed E-state index contributed by atoms with van der Waals surface area (Å²) in [5, 5.41) is 10.0. The van der Waals surface area contributed by atoms with Gasteiger partial charge in [0.2, 0.25) is 5.88 Å². The van der Waals surface area contributed by atoms with Crippen LogP contribution in [0.4, 0.5) is 0 Å². The van der Waals surface area contributed by atoms with Crippen LogP contribution in [0.3, 0.4) is 0 Å². The van der Waals surface area contributed by atoms with Gasteiger partial charge in [-0.1, -0.05) is 20.3 Å². The van der Waals surface area contributed by atoms with Gasteiger partial charge < -0.3 is 14.6 Å². The molecule has 0 amide bonds. The number of hydrogen-bond donors (Lipinski definition) is 1. The number of ether oxygens (including phenoxy) is 2. The van der Waals surface area contributed by atoms with Crippen molar-refractivity contribution in [3.63, 3.8) is 0 Å². The highest BCUT2D eigenvalue weighted by molar-refractivity contribution is 5.28. The van der Waals surface area contributed by atoms with Gasteiger partial charge in [-0.25, -0.2) is 4.98 Å². The molecule has 2 heterocycles. The molecule has 6 nitrogen and oxygen atoms in total. The standard InChI is InChI=1S/C22H31N3O3/c1-14(15(2)21-9-8-19(27-4)11-24-21)13-28-22-20(12-23-16(3)25-22)17-6-5-7-18(26)10-17/h8-9,11-12,14-15,17-18,26H,5-7,10,13H2,1-4H3/t14-,15+,17-,18+/m1/s1. The van der Waals surface area contributed by atoms with E-state index in [0.717, 1.165) is 42.7 Å². The molecule has 0 radical (unpaired) electrons. The highest BCUT2D eigenvalue weighted by Gasteiger charge is 2.26. The van der Waals surface area contributed by atoms with Crippen LogP contribution in [0.5, 0.6) is 11.6 Å². The summed E-state index contributed by atoms with van der Waals surface area (Å²) in [6.45, 7) is 6.74. The molecule has 2 aromatic heterocycles. The van der Waals surface area contributed by atoms with Gasteiger partial charge in [0.05, 0.1) is 26.0 Å². The highest BCUT2D eigenvalue weighted by atomic mass is 16.5. The Labute approximate surface area is 167 Å². The number of aliphatic hydroxyl groups is 1. The molecule has 4 atom stereocenters. The van der Waals surface area contributed by atoms with Crippen molar-refractivity contribution in [2.75, 3.05) is 13.7 Å². The Kier molecular flexibility index (Phi) is 6.83. The number of aliphatic hydroxyl groups excluding tert-OH is 1. The normalized spacial score (nSPS) is 21.8. The molecule has 152 valence electrons. The maximum Gasteiger partial charge on any atom is 0.220 e. The van der Waals surface area contributed by atoms with Crippen molar-refractivity contribution in [2.45, 2.75) is 64.4 Å². The minimum Gasteiger partial charge on any atom is -0.495 e. The smallest absolute Gasteiger partial charge is 0.220 e. The van der Waals surface area contributed by atoms with E-state index in [0.29, 0.717) is 18.3 Å². The minimum atomic E-state index is -0.243. The molecule has 0 bridgehead atoms. The lowest BCUT2D eigenvalue weighted by Gasteiger charge is -2.27. The first-order valence-corrected chi connectivity index (χ1v) is 10.1. The Hall–Kier alpha value is -2.21. The lowest BCUT2D eigenvalue weighted by Crippen LogP contribution is -2.21. The first kappa shape index (κ1) is 20.5. The summed E-state index contributed by atoms with van der Waals surface area (Å²) in [7, 11) is 1.64. The molecule has 0 unspecified atom stereocenters. The quantitative estimate of drug-likeness (QED) is 0.775. The van der Waals surface area contributed by atoms with Gasteiger partial charge in [-0.15, -0.1) is 0 Å². The number of aromatic nitrogens is 3. The SMILES string of the molecule is COc1ccc([C@@H](C)[C@H](C)COc2nc(C)ncc2[C@@H]2CCC[C@H](O)C2)nc1. The van der Waals surface area contributed by atoms with Crippen molar-refractivity contribution in [1.82, 2.24) is 15.0 Å². The fraction of sp³-hybridized carbons (Fsp3) is 0.591. The van der Waals surface area contributed by atoms with Gasteiger partial charge >= 0.3 is 0 Å². The summed E-state index contributed by atoms with van der Waals surface area (Å²) in [5.74, 6) is 2.89. The van der Waals surface area contributed by atoms with Gasteiger partial charge in [-0.3, -0.25) is 4.98 Å². The second-order valence-electron chi connectivity index (χ2n) is 7.89. The number of pyridine rings is 1. The Morgan fingerprint density at radius 1 is 1.18 bits per heavy atom. The molecule has 1 saturated carbocycles. The van der Waals surface area contributed by atoms with Gasteiger partial charge in [-0.05, 0) is 50.2 Å². The van der Waals surface area contributed by atoms with Crippen LogP contribution in [0.1, 0.15) is 68.4 Å². The molecule has 0 saturated heterocycles. The molecule has 28 heavy (non-hydrogen) atoms. The van der Waals surface area contributed by atoms with Gasteiger partial charge in [0.25, 0.3) is 0 Å². The third kappa shape index (κ3) is 4.98. The van der Waals surface area contributed by atoms with Crippen LogP contribution in [0.2, 0.25) is 0 Å². The third-order valence-electron chi connectivity index (χ3n) is 5.79. The van der Waals surface area contributed by atoms with Crippen LogP contribution >= 0.6 is 0 Å². The lowest BCUT2D eigenvalue weighted by atomic mass is 9.83. The molecule has 0 spiro atoms. The van der Waals surface area contributed by atoms with E-state index >= 15 is 0 Å². The maximum absolute atomic E-state index is 10.0. The van der Waals surface area contributed by atoms with Crippen molar-refractivity contribution in [3.05, 3.63) is 41.6 Å². The Balaban J connectivity index is 1.68. The minimum absolute atomic E-state index is 0.243. The molecule has 2 aromatic rings. The van der Waals surface area contributed by atoms with Crippen molar-refractivity contribution in [3.8, 4) is 11.6 Å². The van der Waals surface area contributed by atoms with Crippen LogP contribution in [0.25, 0.3) is 0 Å². The van der Waals surface area contributed by atoms with Crippen molar-refractivity contribution >= 4 is 0 Å². The molecule has 3 rings (SSSR count). The average molecular weight is 386 g/mol. The largest absolute Gasteiger partial charge is 0.495 e. The summed E-state index contributed by atoms with van der Waals surface area (Å²) in [6, 6.07) is 3.94. The predicted molar refractivity (Wildman–Crippen MR) is 108 cm³/mol. The fourth-order valence-electron chi connectivity index (χ4n) is 3.73. The number of nitrogens with zero attached hydrogens (tertiary/aromatic N) is 3. The van der Waals surface area contributed by atoms with Gasteiger partial charge in [0.1, 0.15) is 11.6 Å². The number of rotatable bonds is 7. The first-order valence-electron chi connectivity index (χ1n) is 10.1. The van der Waals surface area contributed by atoms with Gasteiger partial charge in [0.15, 0.2) is 0 Å². The number of hydrogen-bond acceptors (Lipinski definition) is 6. The van der Waals surface area contributed by atoms with Crippen LogP contribution in [0.15, 0.2) is 24.5 Å². The zero-order chi connectivity index (χ0) is 20.1.